The number of hydrogen-bond donors (Lipinski definition) is 1. The maximum Gasteiger partial charge on any atom is 0.0752 e. The number of hydrogen-bond acceptors (Lipinski definition) is 1. The Labute approximate surface area is 92.0 Å². The largest absolute Gasteiger partial charge is 0.316 e. The molecule has 72 valence electrons. The van der Waals surface area contributed by atoms with Crippen molar-refractivity contribution in [3.8, 4) is 0 Å². The van der Waals surface area contributed by atoms with Crippen molar-refractivity contribution in [2.75, 3.05) is 5.33 Å². The van der Waals surface area contributed by atoms with E-state index < -0.39 is 0 Å². The van der Waals surface area contributed by atoms with E-state index in [2.05, 4.69) is 38.4 Å². The summed E-state index contributed by atoms with van der Waals surface area (Å²) in [5, 5.41) is 1.09. The van der Waals surface area contributed by atoms with Gasteiger partial charge < -0.3 is 5.73 Å². The second-order valence-electron chi connectivity index (χ2n) is 3.03. The van der Waals surface area contributed by atoms with Crippen molar-refractivity contribution < 1.29 is 0 Å². The van der Waals surface area contributed by atoms with Crippen LogP contribution in [0.25, 0.3) is 0 Å². The first kappa shape index (κ1) is 12.7. The summed E-state index contributed by atoms with van der Waals surface area (Å²) in [7, 11) is 0. The topological polar surface area (TPSA) is 26.0 Å². The van der Waals surface area contributed by atoms with Crippen LogP contribution in [-0.2, 0) is 0 Å². The fraction of sp³-hybridized carbons (Fsp3) is 0.778. The van der Waals surface area contributed by atoms with Crippen LogP contribution in [0.2, 0.25) is 0 Å². The van der Waals surface area contributed by atoms with E-state index in [1.54, 1.807) is 0 Å². The molecule has 1 nitrogen and oxygen atoms in total. The van der Waals surface area contributed by atoms with Gasteiger partial charge in [0.25, 0.3) is 0 Å². The summed E-state index contributed by atoms with van der Waals surface area (Å²) in [6, 6.07) is 0. The van der Waals surface area contributed by atoms with E-state index in [1.165, 1.54) is 19.3 Å². The molecule has 12 heavy (non-hydrogen) atoms. The fourth-order valence-electron chi connectivity index (χ4n) is 1.03. The van der Waals surface area contributed by atoms with Gasteiger partial charge in [0.05, 0.1) is 4.45 Å². The Morgan fingerprint density at radius 3 is 2.50 bits per heavy atom. The van der Waals surface area contributed by atoms with E-state index in [-0.39, 0.29) is 4.45 Å². The molecule has 0 aliphatic carbocycles. The first-order valence-electron chi connectivity index (χ1n) is 4.27. The third-order valence-corrected chi connectivity index (χ3v) is 2.99. The van der Waals surface area contributed by atoms with Crippen LogP contribution in [0.5, 0.6) is 0 Å². The summed E-state index contributed by atoms with van der Waals surface area (Å²) in [6.07, 6.45) is 7.37. The Bertz CT molecular complexity index is 124. The molecule has 0 rings (SSSR count). The van der Waals surface area contributed by atoms with Gasteiger partial charge in [0.2, 0.25) is 0 Å². The van der Waals surface area contributed by atoms with Gasteiger partial charge in [-0.2, -0.15) is 0 Å². The molecule has 0 spiro atoms. The third-order valence-electron chi connectivity index (χ3n) is 1.71. The van der Waals surface area contributed by atoms with Crippen molar-refractivity contribution >= 4 is 31.9 Å². The quantitative estimate of drug-likeness (QED) is 0.331. The molecular formula is C9H17Br2N. The SMILES string of the molecule is C=CCC(N)(Br)CCCCCBr. The molecule has 0 saturated carbocycles. The molecule has 0 aliphatic heterocycles. The first-order chi connectivity index (χ1) is 5.62. The molecule has 2 N–H and O–H groups in total. The molecule has 0 bridgehead atoms. The lowest BCUT2D eigenvalue weighted by Crippen LogP contribution is -2.31. The van der Waals surface area contributed by atoms with Crippen LogP contribution in [0.1, 0.15) is 32.1 Å². The van der Waals surface area contributed by atoms with Crippen molar-refractivity contribution in [2.24, 2.45) is 5.73 Å². The standard InChI is InChI=1S/C9H17Br2N/c1-2-6-9(11,12)7-4-3-5-8-10/h2H,1,3-8,12H2. The molecule has 3 heteroatoms. The Morgan fingerprint density at radius 2 is 2.00 bits per heavy atom. The van der Waals surface area contributed by atoms with Crippen molar-refractivity contribution in [3.05, 3.63) is 12.7 Å². The van der Waals surface area contributed by atoms with Crippen LogP contribution in [0.4, 0.5) is 0 Å². The highest BCUT2D eigenvalue weighted by atomic mass is 79.9. The molecule has 0 saturated heterocycles. The van der Waals surface area contributed by atoms with Gasteiger partial charge in [-0.1, -0.05) is 50.8 Å². The summed E-state index contributed by atoms with van der Waals surface area (Å²) in [5.41, 5.74) is 5.94. The summed E-state index contributed by atoms with van der Waals surface area (Å²) < 4.78 is -0.221. The summed E-state index contributed by atoms with van der Waals surface area (Å²) in [4.78, 5) is 0. The molecule has 1 atom stereocenters. The number of rotatable bonds is 7. The zero-order valence-corrected chi connectivity index (χ0v) is 10.5. The molecule has 0 aromatic rings. The minimum atomic E-state index is -0.221. The van der Waals surface area contributed by atoms with Crippen LogP contribution in [-0.4, -0.2) is 9.78 Å². The number of unbranched alkanes of at least 4 members (excludes halogenated alkanes) is 2. The van der Waals surface area contributed by atoms with Gasteiger partial charge in [-0.15, -0.1) is 6.58 Å². The molecule has 0 amide bonds. The van der Waals surface area contributed by atoms with Crippen molar-refractivity contribution in [3.63, 3.8) is 0 Å². The molecule has 0 aliphatic rings. The van der Waals surface area contributed by atoms with Crippen LogP contribution in [0.15, 0.2) is 12.7 Å². The van der Waals surface area contributed by atoms with Gasteiger partial charge in [-0.25, -0.2) is 0 Å². The minimum absolute atomic E-state index is 0.221. The second kappa shape index (κ2) is 7.10. The number of alkyl halides is 2. The van der Waals surface area contributed by atoms with E-state index in [0.29, 0.717) is 0 Å². The molecule has 0 aromatic heterocycles. The van der Waals surface area contributed by atoms with Gasteiger partial charge in [0.15, 0.2) is 0 Å². The van der Waals surface area contributed by atoms with Gasteiger partial charge in [0.1, 0.15) is 0 Å². The lowest BCUT2D eigenvalue weighted by molar-refractivity contribution is 0.535. The van der Waals surface area contributed by atoms with E-state index in [4.69, 9.17) is 5.73 Å². The van der Waals surface area contributed by atoms with Crippen molar-refractivity contribution in [1.82, 2.24) is 0 Å². The predicted octanol–water partition coefficient (Wildman–Crippen LogP) is 3.57. The lowest BCUT2D eigenvalue weighted by atomic mass is 10.1. The zero-order chi connectivity index (χ0) is 9.45. The second-order valence-corrected chi connectivity index (χ2v) is 5.40. The molecular weight excluding hydrogens is 282 g/mol. The highest BCUT2D eigenvalue weighted by molar-refractivity contribution is 9.10. The van der Waals surface area contributed by atoms with Crippen LogP contribution < -0.4 is 5.73 Å². The summed E-state index contributed by atoms with van der Waals surface area (Å²) in [5.74, 6) is 0. The third kappa shape index (κ3) is 7.32. The number of nitrogens with two attached hydrogens (primary N) is 1. The zero-order valence-electron chi connectivity index (χ0n) is 7.36. The Morgan fingerprint density at radius 1 is 1.33 bits per heavy atom. The molecule has 0 heterocycles. The van der Waals surface area contributed by atoms with E-state index in [0.717, 1.165) is 18.2 Å². The smallest absolute Gasteiger partial charge is 0.0752 e. The van der Waals surface area contributed by atoms with Gasteiger partial charge in [-0.05, 0) is 19.3 Å². The molecule has 0 aromatic carbocycles. The minimum Gasteiger partial charge on any atom is -0.316 e. The van der Waals surface area contributed by atoms with Gasteiger partial charge >= 0.3 is 0 Å². The molecule has 0 radical (unpaired) electrons. The fourth-order valence-corrected chi connectivity index (χ4v) is 1.94. The molecule has 0 fully saturated rings. The van der Waals surface area contributed by atoms with Crippen molar-refractivity contribution in [1.29, 1.82) is 0 Å². The van der Waals surface area contributed by atoms with Gasteiger partial charge in [0, 0.05) is 5.33 Å². The number of halogens is 2. The highest BCUT2D eigenvalue weighted by Crippen LogP contribution is 2.23. The van der Waals surface area contributed by atoms with Crippen LogP contribution >= 0.6 is 31.9 Å². The van der Waals surface area contributed by atoms with E-state index in [1.807, 2.05) is 6.08 Å². The first-order valence-corrected chi connectivity index (χ1v) is 6.18. The summed E-state index contributed by atoms with van der Waals surface area (Å²) >= 11 is 6.89. The monoisotopic (exact) mass is 297 g/mol. The Balaban J connectivity index is 3.39. The van der Waals surface area contributed by atoms with E-state index in [9.17, 15) is 0 Å². The lowest BCUT2D eigenvalue weighted by Gasteiger charge is -2.20. The van der Waals surface area contributed by atoms with Crippen LogP contribution in [0.3, 0.4) is 0 Å². The van der Waals surface area contributed by atoms with E-state index >= 15 is 0 Å². The maximum atomic E-state index is 5.94. The predicted molar refractivity (Wildman–Crippen MR) is 62.9 cm³/mol. The Kier molecular flexibility index (Phi) is 7.49. The maximum absolute atomic E-state index is 5.94. The highest BCUT2D eigenvalue weighted by Gasteiger charge is 2.17. The average molecular weight is 299 g/mol. The van der Waals surface area contributed by atoms with Crippen molar-refractivity contribution in [2.45, 2.75) is 36.6 Å². The molecule has 1 unspecified atom stereocenters. The normalized spacial score (nSPS) is 15.6. The summed E-state index contributed by atoms with van der Waals surface area (Å²) in [6.45, 7) is 3.67. The Hall–Kier alpha value is 0.660. The average Bonchev–Trinajstić information content (AvgIpc) is 1.98. The van der Waals surface area contributed by atoms with Crippen LogP contribution in [0, 0.1) is 0 Å². The van der Waals surface area contributed by atoms with Gasteiger partial charge in [-0.3, -0.25) is 0 Å².